The monoisotopic (exact) mass is 336 g/mol. The molecular formula is C17H24N2O3S. The summed E-state index contributed by atoms with van der Waals surface area (Å²) in [7, 11) is 1.40. The zero-order valence-electron chi connectivity index (χ0n) is 13.6. The Morgan fingerprint density at radius 1 is 1.43 bits per heavy atom. The Bertz CT molecular complexity index is 546. The maximum absolute atomic E-state index is 12.2. The fourth-order valence-corrected chi connectivity index (χ4v) is 3.19. The zero-order chi connectivity index (χ0) is 16.7. The highest BCUT2D eigenvalue weighted by atomic mass is 32.2. The number of thioether (sulfide) groups is 1. The SMILES string of the molecule is COC(=O)CCSCc1cccc(NC(=O)C(C)C2CNC2)c1. The van der Waals surface area contributed by atoms with Gasteiger partial charge in [-0.2, -0.15) is 11.8 Å². The van der Waals surface area contributed by atoms with Crippen LogP contribution in [0.1, 0.15) is 18.9 Å². The molecule has 1 saturated heterocycles. The van der Waals surface area contributed by atoms with E-state index in [1.165, 1.54) is 7.11 Å². The van der Waals surface area contributed by atoms with Crippen LogP contribution in [0.5, 0.6) is 0 Å². The van der Waals surface area contributed by atoms with Crippen molar-refractivity contribution in [1.82, 2.24) is 5.32 Å². The number of nitrogens with one attached hydrogen (secondary N) is 2. The maximum Gasteiger partial charge on any atom is 0.306 e. The number of benzene rings is 1. The van der Waals surface area contributed by atoms with Gasteiger partial charge in [-0.15, -0.1) is 0 Å². The van der Waals surface area contributed by atoms with Crippen LogP contribution in [0.2, 0.25) is 0 Å². The lowest BCUT2D eigenvalue weighted by atomic mass is 9.88. The van der Waals surface area contributed by atoms with Crippen LogP contribution in [0.15, 0.2) is 24.3 Å². The molecule has 0 aromatic heterocycles. The topological polar surface area (TPSA) is 67.4 Å². The first-order valence-electron chi connectivity index (χ1n) is 7.85. The fraction of sp³-hybridized carbons (Fsp3) is 0.529. The molecule has 5 nitrogen and oxygen atoms in total. The normalized spacial score (nSPS) is 15.6. The number of amides is 1. The van der Waals surface area contributed by atoms with E-state index in [0.29, 0.717) is 12.3 Å². The average Bonchev–Trinajstić information content (AvgIpc) is 2.50. The lowest BCUT2D eigenvalue weighted by Gasteiger charge is -2.31. The first kappa shape index (κ1) is 17.8. The standard InChI is InChI=1S/C17H24N2O3S/c1-12(14-9-18-10-14)17(21)19-15-5-3-4-13(8-15)11-23-7-6-16(20)22-2/h3-5,8,12,14,18H,6-7,9-11H2,1-2H3,(H,19,21). The van der Waals surface area contributed by atoms with E-state index < -0.39 is 0 Å². The molecule has 0 spiro atoms. The zero-order valence-corrected chi connectivity index (χ0v) is 14.4. The van der Waals surface area contributed by atoms with Crippen LogP contribution in [0.25, 0.3) is 0 Å². The van der Waals surface area contributed by atoms with Crippen LogP contribution in [0.4, 0.5) is 5.69 Å². The highest BCUT2D eigenvalue weighted by molar-refractivity contribution is 7.98. The molecule has 23 heavy (non-hydrogen) atoms. The fourth-order valence-electron chi connectivity index (χ4n) is 2.32. The highest BCUT2D eigenvalue weighted by Crippen LogP contribution is 2.20. The molecule has 0 radical (unpaired) electrons. The molecule has 1 fully saturated rings. The summed E-state index contributed by atoms with van der Waals surface area (Å²) in [5.74, 6) is 1.89. The van der Waals surface area contributed by atoms with E-state index in [0.717, 1.165) is 35.8 Å². The predicted octanol–water partition coefficient (Wildman–Crippen LogP) is 2.28. The van der Waals surface area contributed by atoms with Crippen molar-refractivity contribution in [3.63, 3.8) is 0 Å². The van der Waals surface area contributed by atoms with E-state index in [2.05, 4.69) is 15.4 Å². The molecule has 0 aliphatic carbocycles. The highest BCUT2D eigenvalue weighted by Gasteiger charge is 2.28. The largest absolute Gasteiger partial charge is 0.469 e. The van der Waals surface area contributed by atoms with E-state index in [4.69, 9.17) is 0 Å². The Morgan fingerprint density at radius 3 is 2.87 bits per heavy atom. The van der Waals surface area contributed by atoms with Gasteiger partial charge in [-0.3, -0.25) is 9.59 Å². The van der Waals surface area contributed by atoms with E-state index in [1.807, 2.05) is 31.2 Å². The Morgan fingerprint density at radius 2 is 2.22 bits per heavy atom. The molecular weight excluding hydrogens is 312 g/mol. The Labute approximate surface area is 141 Å². The first-order chi connectivity index (χ1) is 11.1. The van der Waals surface area contributed by atoms with Gasteiger partial charge in [0.1, 0.15) is 0 Å². The molecule has 1 heterocycles. The molecule has 2 N–H and O–H groups in total. The minimum absolute atomic E-state index is 0.0225. The van der Waals surface area contributed by atoms with Gasteiger partial charge >= 0.3 is 5.97 Å². The van der Waals surface area contributed by atoms with Crippen molar-refractivity contribution in [2.75, 3.05) is 31.3 Å². The van der Waals surface area contributed by atoms with Crippen LogP contribution in [-0.4, -0.2) is 37.8 Å². The number of methoxy groups -OCH3 is 1. The van der Waals surface area contributed by atoms with Crippen LogP contribution >= 0.6 is 11.8 Å². The molecule has 126 valence electrons. The average molecular weight is 336 g/mol. The predicted molar refractivity (Wildman–Crippen MR) is 93.4 cm³/mol. The summed E-state index contributed by atoms with van der Waals surface area (Å²) in [6, 6.07) is 7.88. The summed E-state index contributed by atoms with van der Waals surface area (Å²) < 4.78 is 4.62. The number of carbonyl (C=O) groups excluding carboxylic acids is 2. The minimum atomic E-state index is -0.182. The van der Waals surface area contributed by atoms with Gasteiger partial charge in [0.2, 0.25) is 5.91 Å². The maximum atomic E-state index is 12.2. The third kappa shape index (κ3) is 5.55. The first-order valence-corrected chi connectivity index (χ1v) is 9.00. The molecule has 0 bridgehead atoms. The third-order valence-corrected chi connectivity index (χ3v) is 5.11. The molecule has 1 aliphatic rings. The summed E-state index contributed by atoms with van der Waals surface area (Å²) >= 11 is 1.68. The van der Waals surface area contributed by atoms with Crippen LogP contribution in [0, 0.1) is 11.8 Å². The van der Waals surface area contributed by atoms with E-state index in [1.54, 1.807) is 11.8 Å². The van der Waals surface area contributed by atoms with Gasteiger partial charge in [-0.05, 0) is 36.7 Å². The summed E-state index contributed by atoms with van der Waals surface area (Å²) in [5, 5.41) is 6.19. The number of rotatable bonds is 8. The van der Waals surface area contributed by atoms with Gasteiger partial charge < -0.3 is 15.4 Å². The van der Waals surface area contributed by atoms with Gasteiger partial charge in [-0.1, -0.05) is 19.1 Å². The number of esters is 1. The Balaban J connectivity index is 1.79. The molecule has 1 aromatic carbocycles. The number of ether oxygens (including phenoxy) is 1. The lowest BCUT2D eigenvalue weighted by molar-refractivity contribution is -0.140. The molecule has 1 unspecified atom stereocenters. The van der Waals surface area contributed by atoms with Gasteiger partial charge in [0, 0.05) is 23.1 Å². The molecule has 1 aliphatic heterocycles. The van der Waals surface area contributed by atoms with Crippen LogP contribution in [-0.2, 0) is 20.1 Å². The van der Waals surface area contributed by atoms with E-state index >= 15 is 0 Å². The summed E-state index contributed by atoms with van der Waals surface area (Å²) in [6.07, 6.45) is 0.421. The van der Waals surface area contributed by atoms with Crippen LogP contribution < -0.4 is 10.6 Å². The quantitative estimate of drug-likeness (QED) is 0.563. The lowest BCUT2D eigenvalue weighted by Crippen LogP contribution is -2.48. The van der Waals surface area contributed by atoms with Crippen molar-refractivity contribution >= 4 is 29.3 Å². The molecule has 1 atom stereocenters. The molecule has 6 heteroatoms. The summed E-state index contributed by atoms with van der Waals surface area (Å²) in [5.41, 5.74) is 1.97. The van der Waals surface area contributed by atoms with Gasteiger partial charge in [0.15, 0.2) is 0 Å². The molecule has 1 amide bonds. The van der Waals surface area contributed by atoms with E-state index in [9.17, 15) is 9.59 Å². The second-order valence-electron chi connectivity index (χ2n) is 5.78. The molecule has 1 aromatic rings. The Kier molecular flexibility index (Phi) is 6.92. The van der Waals surface area contributed by atoms with Gasteiger partial charge in [0.25, 0.3) is 0 Å². The number of anilines is 1. The third-order valence-electron chi connectivity index (χ3n) is 4.08. The van der Waals surface area contributed by atoms with E-state index in [-0.39, 0.29) is 17.8 Å². The summed E-state index contributed by atoms with van der Waals surface area (Å²) in [6.45, 7) is 3.82. The van der Waals surface area contributed by atoms with Crippen molar-refractivity contribution in [1.29, 1.82) is 0 Å². The second kappa shape index (κ2) is 8.93. The van der Waals surface area contributed by atoms with Gasteiger partial charge in [0.05, 0.1) is 13.5 Å². The smallest absolute Gasteiger partial charge is 0.306 e. The number of hydrogen-bond acceptors (Lipinski definition) is 5. The molecule has 2 rings (SSSR count). The summed E-state index contributed by atoms with van der Waals surface area (Å²) in [4.78, 5) is 23.3. The number of hydrogen-bond donors (Lipinski definition) is 2. The minimum Gasteiger partial charge on any atom is -0.469 e. The van der Waals surface area contributed by atoms with Crippen molar-refractivity contribution in [2.24, 2.45) is 11.8 Å². The van der Waals surface area contributed by atoms with Gasteiger partial charge in [-0.25, -0.2) is 0 Å². The molecule has 0 saturated carbocycles. The second-order valence-corrected chi connectivity index (χ2v) is 6.88. The van der Waals surface area contributed by atoms with Crippen LogP contribution in [0.3, 0.4) is 0 Å². The Hall–Kier alpha value is -1.53. The van der Waals surface area contributed by atoms with Crippen molar-refractivity contribution < 1.29 is 14.3 Å². The van der Waals surface area contributed by atoms with Crippen molar-refractivity contribution in [2.45, 2.75) is 19.1 Å². The number of carbonyl (C=O) groups is 2. The van der Waals surface area contributed by atoms with Crippen molar-refractivity contribution in [3.8, 4) is 0 Å². The van der Waals surface area contributed by atoms with Crippen molar-refractivity contribution in [3.05, 3.63) is 29.8 Å².